The van der Waals surface area contributed by atoms with Crippen molar-refractivity contribution >= 4 is 5.91 Å². The van der Waals surface area contributed by atoms with Crippen molar-refractivity contribution < 1.29 is 9.53 Å². The third-order valence-corrected chi connectivity index (χ3v) is 4.35. The van der Waals surface area contributed by atoms with Crippen LogP contribution in [-0.4, -0.2) is 18.6 Å². The maximum absolute atomic E-state index is 12.1. The molecule has 2 aromatic carbocycles. The first kappa shape index (κ1) is 19.0. The minimum atomic E-state index is -0.0742. The van der Waals surface area contributed by atoms with Gasteiger partial charge >= 0.3 is 0 Å². The van der Waals surface area contributed by atoms with Gasteiger partial charge < -0.3 is 10.1 Å². The molecule has 0 aliphatic carbocycles. The van der Waals surface area contributed by atoms with Crippen molar-refractivity contribution in [3.8, 4) is 5.75 Å². The summed E-state index contributed by atoms with van der Waals surface area (Å²) >= 11 is 0. The van der Waals surface area contributed by atoms with Gasteiger partial charge in [0.1, 0.15) is 5.75 Å². The normalized spacial score (nSPS) is 12.0. The van der Waals surface area contributed by atoms with Gasteiger partial charge in [0, 0.05) is 6.04 Å². The van der Waals surface area contributed by atoms with E-state index in [-0.39, 0.29) is 18.6 Å². The second-order valence-corrected chi connectivity index (χ2v) is 6.96. The summed E-state index contributed by atoms with van der Waals surface area (Å²) in [6.45, 7) is 8.38. The van der Waals surface area contributed by atoms with Gasteiger partial charge in [-0.2, -0.15) is 0 Å². The molecule has 1 amide bonds. The lowest BCUT2D eigenvalue weighted by molar-refractivity contribution is -0.123. The summed E-state index contributed by atoms with van der Waals surface area (Å²) in [6, 6.07) is 16.6. The molecule has 0 aromatic heterocycles. The smallest absolute Gasteiger partial charge is 0.258 e. The summed E-state index contributed by atoms with van der Waals surface area (Å²) in [5.41, 5.74) is 3.56. The Kier molecular flexibility index (Phi) is 7.05. The van der Waals surface area contributed by atoms with Gasteiger partial charge in [0.25, 0.3) is 5.91 Å². The topological polar surface area (TPSA) is 38.3 Å². The Morgan fingerprint density at radius 1 is 1.08 bits per heavy atom. The number of carbonyl (C=O) groups is 1. The molecule has 3 heteroatoms. The largest absolute Gasteiger partial charge is 0.483 e. The zero-order chi connectivity index (χ0) is 18.2. The van der Waals surface area contributed by atoms with Crippen LogP contribution in [0, 0.1) is 6.92 Å². The first-order chi connectivity index (χ1) is 12.0. The van der Waals surface area contributed by atoms with Crippen molar-refractivity contribution in [3.63, 3.8) is 0 Å². The number of hydrogen-bond donors (Lipinski definition) is 1. The Bertz CT molecular complexity index is 680. The molecule has 0 bridgehead atoms. The maximum Gasteiger partial charge on any atom is 0.258 e. The third-order valence-electron chi connectivity index (χ3n) is 4.35. The van der Waals surface area contributed by atoms with Gasteiger partial charge in [-0.05, 0) is 55.4 Å². The molecular weight excluding hydrogens is 310 g/mol. The number of nitrogens with one attached hydrogen (secondary N) is 1. The molecule has 0 heterocycles. The number of ether oxygens (including phenoxy) is 1. The number of amides is 1. The average molecular weight is 339 g/mol. The van der Waals surface area contributed by atoms with Crippen LogP contribution in [0.1, 0.15) is 49.8 Å². The molecule has 3 nitrogen and oxygen atoms in total. The highest BCUT2D eigenvalue weighted by Gasteiger charge is 2.10. The van der Waals surface area contributed by atoms with Crippen LogP contribution in [0.25, 0.3) is 0 Å². The Hall–Kier alpha value is -2.29. The second kappa shape index (κ2) is 9.26. The van der Waals surface area contributed by atoms with Crippen molar-refractivity contribution in [1.82, 2.24) is 5.32 Å². The summed E-state index contributed by atoms with van der Waals surface area (Å²) in [4.78, 5) is 12.1. The summed E-state index contributed by atoms with van der Waals surface area (Å²) in [6.07, 6.45) is 1.87. The molecule has 1 N–H and O–H groups in total. The predicted octanol–water partition coefficient (Wildman–Crippen LogP) is 4.63. The van der Waals surface area contributed by atoms with E-state index in [1.54, 1.807) is 0 Å². The lowest BCUT2D eigenvalue weighted by atomic mass is 10.0. The van der Waals surface area contributed by atoms with Gasteiger partial charge in [-0.3, -0.25) is 4.79 Å². The highest BCUT2D eigenvalue weighted by Crippen LogP contribution is 2.24. The lowest BCUT2D eigenvalue weighted by Gasteiger charge is -2.16. The van der Waals surface area contributed by atoms with Crippen LogP contribution in [0.15, 0.2) is 48.5 Å². The van der Waals surface area contributed by atoms with Gasteiger partial charge in [0.05, 0.1) is 0 Å². The van der Waals surface area contributed by atoms with Crippen LogP contribution in [0.2, 0.25) is 0 Å². The molecule has 0 aliphatic rings. The summed E-state index contributed by atoms with van der Waals surface area (Å²) < 4.78 is 5.74. The number of carbonyl (C=O) groups excluding carboxylic acids is 1. The van der Waals surface area contributed by atoms with Crippen molar-refractivity contribution in [3.05, 3.63) is 65.2 Å². The average Bonchev–Trinajstić information content (AvgIpc) is 2.60. The molecule has 1 unspecified atom stereocenters. The van der Waals surface area contributed by atoms with Crippen molar-refractivity contribution in [2.24, 2.45) is 0 Å². The Morgan fingerprint density at radius 3 is 2.48 bits per heavy atom. The second-order valence-electron chi connectivity index (χ2n) is 6.96. The van der Waals surface area contributed by atoms with Crippen LogP contribution in [0.5, 0.6) is 5.75 Å². The molecule has 25 heavy (non-hydrogen) atoms. The van der Waals surface area contributed by atoms with Crippen LogP contribution in [0.4, 0.5) is 0 Å². The Labute approximate surface area is 151 Å². The Morgan fingerprint density at radius 2 is 1.80 bits per heavy atom. The molecule has 1 atom stereocenters. The fourth-order valence-corrected chi connectivity index (χ4v) is 2.69. The Balaban J connectivity index is 1.79. The van der Waals surface area contributed by atoms with E-state index in [2.05, 4.69) is 37.4 Å². The molecule has 134 valence electrons. The molecule has 0 spiro atoms. The first-order valence-corrected chi connectivity index (χ1v) is 9.02. The molecule has 0 saturated carbocycles. The van der Waals surface area contributed by atoms with Crippen LogP contribution < -0.4 is 10.1 Å². The van der Waals surface area contributed by atoms with E-state index in [0.29, 0.717) is 5.92 Å². The van der Waals surface area contributed by atoms with E-state index in [1.807, 2.05) is 44.2 Å². The SMILES string of the molecule is Cc1ccc(C(C)C)cc1OCC(=O)NC(C)CCc1ccccc1. The summed E-state index contributed by atoms with van der Waals surface area (Å²) in [7, 11) is 0. The standard InChI is InChI=1S/C22H29NO2/c1-16(2)20-13-10-17(3)21(14-20)25-15-22(24)23-18(4)11-12-19-8-6-5-7-9-19/h5-10,13-14,16,18H,11-12,15H2,1-4H3,(H,23,24). The minimum absolute atomic E-state index is 0.0536. The molecular formula is C22H29NO2. The van der Waals surface area contributed by atoms with Crippen LogP contribution in [-0.2, 0) is 11.2 Å². The number of rotatable bonds is 8. The fourth-order valence-electron chi connectivity index (χ4n) is 2.69. The minimum Gasteiger partial charge on any atom is -0.483 e. The molecule has 0 radical (unpaired) electrons. The summed E-state index contributed by atoms with van der Waals surface area (Å²) in [5, 5.41) is 3.01. The summed E-state index contributed by atoms with van der Waals surface area (Å²) in [5.74, 6) is 1.16. The van der Waals surface area contributed by atoms with Gasteiger partial charge in [-0.15, -0.1) is 0 Å². The van der Waals surface area contributed by atoms with Crippen molar-refractivity contribution in [1.29, 1.82) is 0 Å². The zero-order valence-electron chi connectivity index (χ0n) is 15.7. The van der Waals surface area contributed by atoms with Gasteiger partial charge in [-0.25, -0.2) is 0 Å². The number of hydrogen-bond acceptors (Lipinski definition) is 2. The van der Waals surface area contributed by atoms with Gasteiger partial charge in [-0.1, -0.05) is 56.3 Å². The molecule has 2 aromatic rings. The van der Waals surface area contributed by atoms with Crippen LogP contribution >= 0.6 is 0 Å². The van der Waals surface area contributed by atoms with E-state index >= 15 is 0 Å². The molecule has 0 aliphatic heterocycles. The van der Waals surface area contributed by atoms with Crippen LogP contribution in [0.3, 0.4) is 0 Å². The zero-order valence-corrected chi connectivity index (χ0v) is 15.7. The number of benzene rings is 2. The fraction of sp³-hybridized carbons (Fsp3) is 0.409. The maximum atomic E-state index is 12.1. The van der Waals surface area contributed by atoms with E-state index in [4.69, 9.17) is 4.74 Å². The van der Waals surface area contributed by atoms with Gasteiger partial charge in [0.2, 0.25) is 0 Å². The van der Waals surface area contributed by atoms with Crippen molar-refractivity contribution in [2.75, 3.05) is 6.61 Å². The molecule has 2 rings (SSSR count). The third kappa shape index (κ3) is 6.26. The van der Waals surface area contributed by atoms with Crippen molar-refractivity contribution in [2.45, 2.75) is 52.5 Å². The van der Waals surface area contributed by atoms with E-state index in [1.165, 1.54) is 11.1 Å². The van der Waals surface area contributed by atoms with E-state index in [0.717, 1.165) is 24.2 Å². The van der Waals surface area contributed by atoms with E-state index in [9.17, 15) is 4.79 Å². The van der Waals surface area contributed by atoms with Gasteiger partial charge in [0.15, 0.2) is 6.61 Å². The quantitative estimate of drug-likeness (QED) is 0.761. The first-order valence-electron chi connectivity index (χ1n) is 9.02. The molecule has 0 fully saturated rings. The molecule has 0 saturated heterocycles. The highest BCUT2D eigenvalue weighted by molar-refractivity contribution is 5.77. The number of aryl methyl sites for hydroxylation is 2. The monoisotopic (exact) mass is 339 g/mol. The predicted molar refractivity (Wildman–Crippen MR) is 103 cm³/mol. The highest BCUT2D eigenvalue weighted by atomic mass is 16.5. The lowest BCUT2D eigenvalue weighted by Crippen LogP contribution is -2.36. The van der Waals surface area contributed by atoms with E-state index < -0.39 is 0 Å².